The Morgan fingerprint density at radius 1 is 1.26 bits per heavy atom. The molecule has 0 radical (unpaired) electrons. The molecule has 96 valence electrons. The van der Waals surface area contributed by atoms with E-state index >= 15 is 0 Å². The Kier molecular flexibility index (Phi) is 3.62. The molecule has 0 fully saturated rings. The molecule has 1 aromatic heterocycles. The van der Waals surface area contributed by atoms with Crippen LogP contribution in [0.5, 0.6) is 11.6 Å². The number of rotatable bonds is 3. The molecule has 2 N–H and O–H groups in total. The topological polar surface area (TPSA) is 84.8 Å². The second-order valence-electron chi connectivity index (χ2n) is 4.05. The van der Waals surface area contributed by atoms with Crippen LogP contribution in [0, 0.1) is 18.3 Å². The van der Waals surface area contributed by atoms with Crippen LogP contribution in [0.15, 0.2) is 24.3 Å². The van der Waals surface area contributed by atoms with Crippen LogP contribution in [0.1, 0.15) is 23.9 Å². The van der Waals surface area contributed by atoms with Crippen molar-refractivity contribution in [2.24, 2.45) is 0 Å². The fourth-order valence-electron chi connectivity index (χ4n) is 1.53. The summed E-state index contributed by atoms with van der Waals surface area (Å²) < 4.78 is 5.69. The highest BCUT2D eigenvalue weighted by Crippen LogP contribution is 2.25. The SMILES string of the molecule is CCc1nc(N)c(C)c(Oc2ccc(C#N)cc2)n1. The number of ether oxygens (including phenoxy) is 1. The first-order valence-corrected chi connectivity index (χ1v) is 5.95. The molecule has 19 heavy (non-hydrogen) atoms. The molecule has 0 unspecified atom stereocenters. The second-order valence-corrected chi connectivity index (χ2v) is 4.05. The molecular weight excluding hydrogens is 240 g/mol. The van der Waals surface area contributed by atoms with Crippen molar-refractivity contribution in [2.45, 2.75) is 20.3 Å². The summed E-state index contributed by atoms with van der Waals surface area (Å²) in [4.78, 5) is 8.48. The number of benzene rings is 1. The van der Waals surface area contributed by atoms with Gasteiger partial charge in [0.2, 0.25) is 5.88 Å². The van der Waals surface area contributed by atoms with Crippen LogP contribution in [0.3, 0.4) is 0 Å². The third-order valence-corrected chi connectivity index (χ3v) is 2.70. The van der Waals surface area contributed by atoms with E-state index in [2.05, 4.69) is 16.0 Å². The van der Waals surface area contributed by atoms with Crippen LogP contribution in [-0.2, 0) is 6.42 Å². The summed E-state index contributed by atoms with van der Waals surface area (Å²) >= 11 is 0. The quantitative estimate of drug-likeness (QED) is 0.909. The number of anilines is 1. The molecule has 0 spiro atoms. The lowest BCUT2D eigenvalue weighted by molar-refractivity contribution is 0.455. The first kappa shape index (κ1) is 12.8. The van der Waals surface area contributed by atoms with Crippen molar-refractivity contribution in [3.8, 4) is 17.7 Å². The Morgan fingerprint density at radius 3 is 2.53 bits per heavy atom. The van der Waals surface area contributed by atoms with Gasteiger partial charge in [-0.25, -0.2) is 4.98 Å². The standard InChI is InChI=1S/C14H14N4O/c1-3-12-17-13(16)9(2)14(18-12)19-11-6-4-10(8-15)5-7-11/h4-7H,3H2,1-2H3,(H2,16,17,18). The summed E-state index contributed by atoms with van der Waals surface area (Å²) in [6.45, 7) is 3.77. The van der Waals surface area contributed by atoms with Crippen molar-refractivity contribution in [3.05, 3.63) is 41.2 Å². The molecule has 0 amide bonds. The number of aryl methyl sites for hydroxylation is 1. The van der Waals surface area contributed by atoms with E-state index in [0.717, 1.165) is 0 Å². The molecule has 0 aliphatic carbocycles. The maximum atomic E-state index is 8.74. The highest BCUT2D eigenvalue weighted by molar-refractivity contribution is 5.46. The number of hydrogen-bond acceptors (Lipinski definition) is 5. The van der Waals surface area contributed by atoms with Gasteiger partial charge in [0.15, 0.2) is 0 Å². The Hall–Kier alpha value is -2.61. The molecule has 5 heteroatoms. The maximum Gasteiger partial charge on any atom is 0.227 e. The normalized spacial score (nSPS) is 9.95. The lowest BCUT2D eigenvalue weighted by atomic mass is 10.2. The number of aromatic nitrogens is 2. The monoisotopic (exact) mass is 254 g/mol. The van der Waals surface area contributed by atoms with E-state index < -0.39 is 0 Å². The zero-order valence-corrected chi connectivity index (χ0v) is 10.8. The molecule has 1 aromatic carbocycles. The summed E-state index contributed by atoms with van der Waals surface area (Å²) in [5.74, 6) is 2.14. The lowest BCUT2D eigenvalue weighted by Gasteiger charge is -2.10. The van der Waals surface area contributed by atoms with Crippen molar-refractivity contribution in [1.82, 2.24) is 9.97 Å². The number of nitrogens with two attached hydrogens (primary N) is 1. The van der Waals surface area contributed by atoms with Crippen LogP contribution in [0.4, 0.5) is 5.82 Å². The Balaban J connectivity index is 2.32. The van der Waals surface area contributed by atoms with E-state index in [1.165, 1.54) is 0 Å². The van der Waals surface area contributed by atoms with Crippen LogP contribution in [-0.4, -0.2) is 9.97 Å². The summed E-state index contributed by atoms with van der Waals surface area (Å²) in [7, 11) is 0. The van der Waals surface area contributed by atoms with E-state index in [1.807, 2.05) is 13.8 Å². The van der Waals surface area contributed by atoms with E-state index in [9.17, 15) is 0 Å². The molecule has 1 heterocycles. The van der Waals surface area contributed by atoms with Gasteiger partial charge in [-0.15, -0.1) is 0 Å². The van der Waals surface area contributed by atoms with Crippen molar-refractivity contribution in [3.63, 3.8) is 0 Å². The van der Waals surface area contributed by atoms with Crippen LogP contribution >= 0.6 is 0 Å². The highest BCUT2D eigenvalue weighted by Gasteiger charge is 2.10. The first-order valence-electron chi connectivity index (χ1n) is 5.95. The molecule has 0 atom stereocenters. The fourth-order valence-corrected chi connectivity index (χ4v) is 1.53. The van der Waals surface area contributed by atoms with Gasteiger partial charge in [-0.2, -0.15) is 10.2 Å². The molecule has 0 bridgehead atoms. The third-order valence-electron chi connectivity index (χ3n) is 2.70. The molecule has 0 aliphatic heterocycles. The van der Waals surface area contributed by atoms with E-state index in [-0.39, 0.29) is 0 Å². The summed E-state index contributed by atoms with van der Waals surface area (Å²) in [5.41, 5.74) is 7.12. The van der Waals surface area contributed by atoms with Crippen molar-refractivity contribution >= 4 is 5.82 Å². The average molecular weight is 254 g/mol. The number of nitrogen functional groups attached to an aromatic ring is 1. The van der Waals surface area contributed by atoms with Gasteiger partial charge in [0.1, 0.15) is 17.4 Å². The largest absolute Gasteiger partial charge is 0.439 e. The van der Waals surface area contributed by atoms with Crippen LogP contribution < -0.4 is 10.5 Å². The van der Waals surface area contributed by atoms with Crippen molar-refractivity contribution in [2.75, 3.05) is 5.73 Å². The molecule has 2 aromatic rings. The smallest absolute Gasteiger partial charge is 0.227 e. The van der Waals surface area contributed by atoms with Crippen LogP contribution in [0.25, 0.3) is 0 Å². The van der Waals surface area contributed by atoms with Gasteiger partial charge in [0.25, 0.3) is 0 Å². The zero-order chi connectivity index (χ0) is 13.8. The Bertz CT molecular complexity index is 629. The molecule has 0 saturated heterocycles. The van der Waals surface area contributed by atoms with Crippen molar-refractivity contribution < 1.29 is 4.74 Å². The Labute approximate surface area is 111 Å². The predicted octanol–water partition coefficient (Wildman–Crippen LogP) is 2.59. The maximum absolute atomic E-state index is 8.74. The molecule has 0 aliphatic rings. The van der Waals surface area contributed by atoms with Gasteiger partial charge >= 0.3 is 0 Å². The molecular formula is C14H14N4O. The summed E-state index contributed by atoms with van der Waals surface area (Å²) in [5, 5.41) is 8.74. The average Bonchev–Trinajstić information content (AvgIpc) is 2.44. The zero-order valence-electron chi connectivity index (χ0n) is 10.8. The highest BCUT2D eigenvalue weighted by atomic mass is 16.5. The number of hydrogen-bond donors (Lipinski definition) is 1. The van der Waals surface area contributed by atoms with Gasteiger partial charge in [0, 0.05) is 6.42 Å². The van der Waals surface area contributed by atoms with Crippen molar-refractivity contribution in [1.29, 1.82) is 5.26 Å². The number of nitriles is 1. The minimum absolute atomic E-state index is 0.426. The fraction of sp³-hybridized carbons (Fsp3) is 0.214. The second kappa shape index (κ2) is 5.36. The lowest BCUT2D eigenvalue weighted by Crippen LogP contribution is -2.04. The summed E-state index contributed by atoms with van der Waals surface area (Å²) in [6, 6.07) is 8.88. The minimum atomic E-state index is 0.426. The van der Waals surface area contributed by atoms with E-state index in [0.29, 0.717) is 40.8 Å². The van der Waals surface area contributed by atoms with Gasteiger partial charge in [-0.1, -0.05) is 6.92 Å². The summed E-state index contributed by atoms with van der Waals surface area (Å²) in [6.07, 6.45) is 0.689. The number of nitrogens with zero attached hydrogens (tertiary/aromatic N) is 3. The van der Waals surface area contributed by atoms with E-state index in [4.69, 9.17) is 15.7 Å². The Morgan fingerprint density at radius 2 is 1.95 bits per heavy atom. The van der Waals surface area contributed by atoms with E-state index in [1.54, 1.807) is 24.3 Å². The molecule has 0 saturated carbocycles. The van der Waals surface area contributed by atoms with Gasteiger partial charge in [-0.3, -0.25) is 0 Å². The van der Waals surface area contributed by atoms with Crippen LogP contribution in [0.2, 0.25) is 0 Å². The van der Waals surface area contributed by atoms with Gasteiger partial charge in [-0.05, 0) is 31.2 Å². The van der Waals surface area contributed by atoms with Gasteiger partial charge in [0.05, 0.1) is 17.2 Å². The minimum Gasteiger partial charge on any atom is -0.439 e. The van der Waals surface area contributed by atoms with Gasteiger partial charge < -0.3 is 10.5 Å². The molecule has 2 rings (SSSR count). The predicted molar refractivity (Wildman–Crippen MR) is 71.8 cm³/mol. The third kappa shape index (κ3) is 2.80. The first-order chi connectivity index (χ1) is 9.13. The molecule has 5 nitrogen and oxygen atoms in total.